The lowest BCUT2D eigenvalue weighted by molar-refractivity contribution is 0.495. The highest BCUT2D eigenvalue weighted by Gasteiger charge is 2.22. The minimum atomic E-state index is -0.602. The van der Waals surface area contributed by atoms with Crippen molar-refractivity contribution in [1.29, 1.82) is 0 Å². The molecule has 0 aromatic heterocycles. The molecule has 0 heterocycles. The van der Waals surface area contributed by atoms with Gasteiger partial charge in [-0.2, -0.15) is 0 Å². The highest BCUT2D eigenvalue weighted by molar-refractivity contribution is 7.79. The molecule has 4 aromatic rings. The van der Waals surface area contributed by atoms with Crippen LogP contribution in [-0.4, -0.2) is 0 Å². The average Bonchev–Trinajstić information content (AvgIpc) is 3.03. The summed E-state index contributed by atoms with van der Waals surface area (Å²) in [6.45, 7) is 9.24. The molecule has 0 nitrogen and oxygen atoms in total. The molecule has 0 saturated heterocycles. The molecule has 0 amide bonds. The van der Waals surface area contributed by atoms with Crippen LogP contribution in [0.4, 0.5) is 0 Å². The summed E-state index contributed by atoms with van der Waals surface area (Å²) in [5.41, 5.74) is 5.90. The van der Waals surface area contributed by atoms with Gasteiger partial charge in [-0.3, -0.25) is 0 Å². The van der Waals surface area contributed by atoms with E-state index in [-0.39, 0.29) is 5.41 Å². The third-order valence-corrected chi connectivity index (χ3v) is 11.3. The van der Waals surface area contributed by atoms with Gasteiger partial charge in [0, 0.05) is 0 Å². The Balaban J connectivity index is 1.44. The van der Waals surface area contributed by atoms with Crippen LogP contribution in [-0.2, 0) is 5.41 Å². The molecule has 44 heavy (non-hydrogen) atoms. The molecule has 0 N–H and O–H groups in total. The van der Waals surface area contributed by atoms with Crippen LogP contribution < -0.4 is 15.9 Å². The average molecular weight is 595 g/mol. The molecular weight excluding hydrogens is 547 g/mol. The van der Waals surface area contributed by atoms with Crippen molar-refractivity contribution in [3.8, 4) is 0 Å². The summed E-state index contributed by atoms with van der Waals surface area (Å²) in [7, 11) is -0.602. The summed E-state index contributed by atoms with van der Waals surface area (Å²) in [6.07, 6.45) is 19.7. The number of rotatable bonds is 11. The lowest BCUT2D eigenvalue weighted by atomic mass is 9.79. The molecule has 4 aromatic carbocycles. The molecule has 224 valence electrons. The molecule has 0 bridgehead atoms. The first kappa shape index (κ1) is 31.7. The molecule has 1 aliphatic carbocycles. The van der Waals surface area contributed by atoms with Crippen LogP contribution in [0.5, 0.6) is 0 Å². The van der Waals surface area contributed by atoms with Gasteiger partial charge in [0.2, 0.25) is 0 Å². The Hall–Kier alpha value is -3.73. The Kier molecular flexibility index (Phi) is 11.0. The molecular formula is C43H47P. The molecule has 0 aliphatic heterocycles. The Morgan fingerprint density at radius 2 is 1.09 bits per heavy atom. The molecule has 2 atom stereocenters. The van der Waals surface area contributed by atoms with Crippen LogP contribution in [0, 0.1) is 0 Å². The molecule has 0 saturated carbocycles. The Bertz CT molecular complexity index is 1520. The van der Waals surface area contributed by atoms with Crippen LogP contribution >= 0.6 is 7.92 Å². The Morgan fingerprint density at radius 1 is 0.568 bits per heavy atom. The van der Waals surface area contributed by atoms with Gasteiger partial charge in [0.15, 0.2) is 0 Å². The fraction of sp³-hybridized carbons (Fsp3) is 0.256. The van der Waals surface area contributed by atoms with E-state index >= 15 is 0 Å². The quantitative estimate of drug-likeness (QED) is 0.152. The van der Waals surface area contributed by atoms with Crippen LogP contribution in [0.2, 0.25) is 0 Å². The minimum absolute atomic E-state index is 0.173. The SMILES string of the molecule is CCC(CC(CCC1=C/C=C\C=C/C=C1)c1ccc(P(c2ccccc2)c2ccccc2)cc1)c1ccc(C(C)(C)C)cc1. The normalized spacial score (nSPS) is 16.1. The van der Waals surface area contributed by atoms with Crippen LogP contribution in [0.1, 0.15) is 81.9 Å². The molecule has 0 fully saturated rings. The van der Waals surface area contributed by atoms with E-state index in [1.165, 1.54) is 38.2 Å². The molecule has 0 radical (unpaired) electrons. The third-order valence-electron chi connectivity index (χ3n) is 8.81. The fourth-order valence-corrected chi connectivity index (χ4v) is 8.45. The topological polar surface area (TPSA) is 0 Å². The molecule has 1 aliphatic rings. The maximum atomic E-state index is 2.43. The number of hydrogen-bond acceptors (Lipinski definition) is 0. The first-order chi connectivity index (χ1) is 21.4. The molecule has 2 unspecified atom stereocenters. The van der Waals surface area contributed by atoms with Crippen molar-refractivity contribution in [2.75, 3.05) is 0 Å². The van der Waals surface area contributed by atoms with Gasteiger partial charge in [-0.25, -0.2) is 0 Å². The second-order valence-electron chi connectivity index (χ2n) is 12.9. The van der Waals surface area contributed by atoms with Gasteiger partial charge in [0.25, 0.3) is 0 Å². The van der Waals surface area contributed by atoms with Crippen molar-refractivity contribution in [3.63, 3.8) is 0 Å². The summed E-state index contributed by atoms with van der Waals surface area (Å²) in [6, 6.07) is 41.2. The van der Waals surface area contributed by atoms with Gasteiger partial charge in [0.05, 0.1) is 0 Å². The predicted molar refractivity (Wildman–Crippen MR) is 195 cm³/mol. The second-order valence-corrected chi connectivity index (χ2v) is 15.1. The van der Waals surface area contributed by atoms with Crippen LogP contribution in [0.3, 0.4) is 0 Å². The Labute approximate surface area is 267 Å². The first-order valence-electron chi connectivity index (χ1n) is 16.2. The second kappa shape index (κ2) is 15.3. The van der Waals surface area contributed by atoms with Crippen LogP contribution in [0.25, 0.3) is 0 Å². The summed E-state index contributed by atoms with van der Waals surface area (Å²) < 4.78 is 0. The Morgan fingerprint density at radius 3 is 1.68 bits per heavy atom. The van der Waals surface area contributed by atoms with Crippen LogP contribution in [0.15, 0.2) is 157 Å². The summed E-state index contributed by atoms with van der Waals surface area (Å²) in [5.74, 6) is 1.01. The van der Waals surface area contributed by atoms with E-state index < -0.39 is 7.92 Å². The fourth-order valence-electron chi connectivity index (χ4n) is 6.17. The largest absolute Gasteiger partial charge is 0.0648 e. The van der Waals surface area contributed by atoms with Crippen molar-refractivity contribution in [2.45, 2.75) is 70.6 Å². The standard InChI is InChI=1S/C43H47P/c1-5-35(36-25-29-39(30-26-36)43(2,3)4)33-38(24-23-34-17-11-7-6-8-12-18-34)37-27-31-42(32-28-37)44(40-19-13-9-14-20-40)41-21-15-10-16-22-41/h6-22,25-32,35,38H,5,23-24,33H2,1-4H3/b7-6-,8-6?,11-7?,12-8-,17-11?,18-12?,34-17?,34-18?. The lowest BCUT2D eigenvalue weighted by Crippen LogP contribution is -2.20. The van der Waals surface area contributed by atoms with E-state index in [4.69, 9.17) is 0 Å². The zero-order valence-corrected chi connectivity index (χ0v) is 27.8. The maximum Gasteiger partial charge on any atom is -0.0132 e. The van der Waals surface area contributed by atoms with Crippen molar-refractivity contribution in [1.82, 2.24) is 0 Å². The van der Waals surface area contributed by atoms with Gasteiger partial charge >= 0.3 is 0 Å². The summed E-state index contributed by atoms with van der Waals surface area (Å²) >= 11 is 0. The van der Waals surface area contributed by atoms with Gasteiger partial charge < -0.3 is 0 Å². The van der Waals surface area contributed by atoms with Crippen molar-refractivity contribution >= 4 is 23.8 Å². The summed E-state index contributed by atoms with van der Waals surface area (Å²) in [4.78, 5) is 0. The molecule has 5 rings (SSSR count). The van der Waals surface area contributed by atoms with Gasteiger partial charge in [-0.05, 0) is 89.0 Å². The monoisotopic (exact) mass is 594 g/mol. The van der Waals surface area contributed by atoms with Gasteiger partial charge in [-0.15, -0.1) is 0 Å². The highest BCUT2D eigenvalue weighted by atomic mass is 31.1. The van der Waals surface area contributed by atoms with E-state index in [9.17, 15) is 0 Å². The molecule has 0 spiro atoms. The number of hydrogen-bond donors (Lipinski definition) is 0. The first-order valence-corrected chi connectivity index (χ1v) is 17.6. The van der Waals surface area contributed by atoms with Crippen molar-refractivity contribution in [2.24, 2.45) is 0 Å². The summed E-state index contributed by atoms with van der Waals surface area (Å²) in [5, 5.41) is 4.20. The highest BCUT2D eigenvalue weighted by Crippen LogP contribution is 2.38. The zero-order chi connectivity index (χ0) is 30.8. The van der Waals surface area contributed by atoms with E-state index in [1.54, 1.807) is 0 Å². The van der Waals surface area contributed by atoms with E-state index in [2.05, 4.69) is 179 Å². The molecule has 1 heteroatoms. The zero-order valence-electron chi connectivity index (χ0n) is 26.9. The lowest BCUT2D eigenvalue weighted by Gasteiger charge is -2.26. The number of benzene rings is 4. The maximum absolute atomic E-state index is 2.43. The van der Waals surface area contributed by atoms with Gasteiger partial charge in [-0.1, -0.05) is 179 Å². The predicted octanol–water partition coefficient (Wildman–Crippen LogP) is 10.8. The van der Waals surface area contributed by atoms with Crippen molar-refractivity contribution in [3.05, 3.63) is 174 Å². The number of allylic oxidation sites excluding steroid dienone is 8. The van der Waals surface area contributed by atoms with Gasteiger partial charge in [0.1, 0.15) is 0 Å². The van der Waals surface area contributed by atoms with E-state index in [0.29, 0.717) is 11.8 Å². The smallest absolute Gasteiger partial charge is 0.0132 e. The van der Waals surface area contributed by atoms with E-state index in [0.717, 1.165) is 25.7 Å². The van der Waals surface area contributed by atoms with Crippen molar-refractivity contribution < 1.29 is 0 Å². The third kappa shape index (κ3) is 8.46. The minimum Gasteiger partial charge on any atom is -0.0648 e. The van der Waals surface area contributed by atoms with E-state index in [1.807, 2.05) is 0 Å².